The molecule has 1 amide bonds. The first-order valence-corrected chi connectivity index (χ1v) is 11.8. The van der Waals surface area contributed by atoms with E-state index >= 15 is 0 Å². The lowest BCUT2D eigenvalue weighted by molar-refractivity contribution is -0.140. The summed E-state index contributed by atoms with van der Waals surface area (Å²) in [6.07, 6.45) is 0. The van der Waals surface area contributed by atoms with Crippen molar-refractivity contribution in [2.75, 3.05) is 34.3 Å². The van der Waals surface area contributed by atoms with Crippen LogP contribution in [0.2, 0.25) is 0 Å². The van der Waals surface area contributed by atoms with Crippen LogP contribution >= 0.6 is 0 Å². The van der Waals surface area contributed by atoms with Gasteiger partial charge in [0.25, 0.3) is 11.7 Å². The van der Waals surface area contributed by atoms with E-state index < -0.39 is 29.3 Å². The molecule has 8 heteroatoms. The summed E-state index contributed by atoms with van der Waals surface area (Å²) >= 11 is 0. The maximum atomic E-state index is 14.1. The molecular formula is C29H29FN2O5. The minimum absolute atomic E-state index is 0.000856. The third kappa shape index (κ3) is 5.65. The van der Waals surface area contributed by atoms with E-state index in [1.54, 1.807) is 24.3 Å². The van der Waals surface area contributed by atoms with Crippen LogP contribution in [0, 0.1) is 5.82 Å². The normalized spacial score (nSPS) is 16.9. The zero-order chi connectivity index (χ0) is 26.5. The Kier molecular flexibility index (Phi) is 7.89. The molecule has 192 valence electrons. The van der Waals surface area contributed by atoms with Gasteiger partial charge in [-0.25, -0.2) is 4.39 Å². The van der Waals surface area contributed by atoms with Gasteiger partial charge in [0.15, 0.2) is 0 Å². The lowest BCUT2D eigenvalue weighted by Crippen LogP contribution is -2.35. The Morgan fingerprint density at radius 2 is 1.73 bits per heavy atom. The fraction of sp³-hybridized carbons (Fsp3) is 0.241. The van der Waals surface area contributed by atoms with Crippen molar-refractivity contribution in [3.8, 4) is 11.5 Å². The molecule has 4 rings (SSSR count). The number of aliphatic hydroxyl groups excluding tert-OH is 1. The zero-order valence-corrected chi connectivity index (χ0v) is 21.0. The van der Waals surface area contributed by atoms with Gasteiger partial charge >= 0.3 is 0 Å². The number of aliphatic hydroxyl groups is 1. The van der Waals surface area contributed by atoms with Gasteiger partial charge in [-0.15, -0.1) is 0 Å². The number of ketones is 1. The van der Waals surface area contributed by atoms with Crippen LogP contribution < -0.4 is 9.47 Å². The Balaban J connectivity index is 1.73. The average Bonchev–Trinajstić information content (AvgIpc) is 3.16. The number of benzene rings is 3. The first-order valence-electron chi connectivity index (χ1n) is 11.8. The van der Waals surface area contributed by atoms with Crippen LogP contribution in [0.5, 0.6) is 11.5 Å². The number of halogens is 1. The van der Waals surface area contributed by atoms with E-state index in [0.717, 1.165) is 11.6 Å². The van der Waals surface area contributed by atoms with E-state index in [2.05, 4.69) is 0 Å². The lowest BCUT2D eigenvalue weighted by Gasteiger charge is -2.26. The summed E-state index contributed by atoms with van der Waals surface area (Å²) < 4.78 is 25.2. The first kappa shape index (κ1) is 25.9. The molecule has 37 heavy (non-hydrogen) atoms. The van der Waals surface area contributed by atoms with Gasteiger partial charge in [-0.1, -0.05) is 42.5 Å². The minimum Gasteiger partial charge on any atom is -0.507 e. The van der Waals surface area contributed by atoms with Gasteiger partial charge in [0.2, 0.25) is 0 Å². The number of rotatable bonds is 9. The quantitative estimate of drug-likeness (QED) is 0.265. The Labute approximate surface area is 215 Å². The molecular weight excluding hydrogens is 475 g/mol. The van der Waals surface area contributed by atoms with Gasteiger partial charge in [0.1, 0.15) is 29.7 Å². The molecule has 0 saturated carbocycles. The molecule has 1 aliphatic heterocycles. The number of amides is 1. The monoisotopic (exact) mass is 504 g/mol. The van der Waals surface area contributed by atoms with Crippen molar-refractivity contribution >= 4 is 17.4 Å². The van der Waals surface area contributed by atoms with Crippen LogP contribution in [-0.4, -0.2) is 60.9 Å². The molecule has 1 saturated heterocycles. The molecule has 0 radical (unpaired) electrons. The molecule has 1 heterocycles. The first-order chi connectivity index (χ1) is 17.8. The fourth-order valence-electron chi connectivity index (χ4n) is 4.26. The second-order valence-electron chi connectivity index (χ2n) is 8.98. The second kappa shape index (κ2) is 11.3. The van der Waals surface area contributed by atoms with Crippen molar-refractivity contribution in [2.45, 2.75) is 12.6 Å². The van der Waals surface area contributed by atoms with Gasteiger partial charge in [-0.3, -0.25) is 9.59 Å². The van der Waals surface area contributed by atoms with E-state index in [-0.39, 0.29) is 23.4 Å². The molecule has 0 aliphatic carbocycles. The van der Waals surface area contributed by atoms with Crippen molar-refractivity contribution in [2.24, 2.45) is 0 Å². The summed E-state index contributed by atoms with van der Waals surface area (Å²) in [5, 5.41) is 11.2. The molecule has 1 fully saturated rings. The molecule has 0 aromatic heterocycles. The topological polar surface area (TPSA) is 79.3 Å². The van der Waals surface area contributed by atoms with Crippen LogP contribution in [-0.2, 0) is 16.2 Å². The summed E-state index contributed by atoms with van der Waals surface area (Å²) in [4.78, 5) is 29.6. The van der Waals surface area contributed by atoms with Crippen LogP contribution in [0.25, 0.3) is 5.76 Å². The number of Topliss-reactive ketones (excluding diaryl/α,β-unsaturated/α-hetero) is 1. The molecule has 3 aromatic rings. The predicted octanol–water partition coefficient (Wildman–Crippen LogP) is 4.40. The molecule has 0 bridgehead atoms. The molecule has 1 atom stereocenters. The minimum atomic E-state index is -0.865. The third-order valence-electron chi connectivity index (χ3n) is 6.19. The van der Waals surface area contributed by atoms with Crippen LogP contribution in [0.15, 0.2) is 78.4 Å². The number of nitrogens with zero attached hydrogens (tertiary/aromatic N) is 2. The van der Waals surface area contributed by atoms with Crippen LogP contribution in [0.3, 0.4) is 0 Å². The Bertz CT molecular complexity index is 1310. The van der Waals surface area contributed by atoms with Crippen molar-refractivity contribution in [1.29, 1.82) is 0 Å². The fourth-order valence-corrected chi connectivity index (χ4v) is 4.26. The lowest BCUT2D eigenvalue weighted by atomic mass is 9.95. The van der Waals surface area contributed by atoms with Gasteiger partial charge < -0.3 is 24.4 Å². The van der Waals surface area contributed by atoms with Crippen molar-refractivity contribution in [1.82, 2.24) is 9.80 Å². The summed E-state index contributed by atoms with van der Waals surface area (Å²) in [6, 6.07) is 19.5. The van der Waals surface area contributed by atoms with Crippen molar-refractivity contribution < 1.29 is 28.6 Å². The van der Waals surface area contributed by atoms with Gasteiger partial charge in [-0.2, -0.15) is 0 Å². The van der Waals surface area contributed by atoms with E-state index in [1.807, 2.05) is 49.3 Å². The highest BCUT2D eigenvalue weighted by atomic mass is 19.1. The molecule has 7 nitrogen and oxygen atoms in total. The number of carbonyl (C=O) groups is 2. The highest BCUT2D eigenvalue weighted by Gasteiger charge is 2.46. The number of hydrogen-bond acceptors (Lipinski definition) is 6. The summed E-state index contributed by atoms with van der Waals surface area (Å²) in [6.45, 7) is 1.15. The largest absolute Gasteiger partial charge is 0.507 e. The zero-order valence-electron chi connectivity index (χ0n) is 21.0. The number of likely N-dealkylation sites (N-methyl/N-ethyl adjacent to an activating group) is 1. The van der Waals surface area contributed by atoms with Gasteiger partial charge in [0.05, 0.1) is 24.3 Å². The van der Waals surface area contributed by atoms with Crippen LogP contribution in [0.1, 0.15) is 22.7 Å². The molecule has 3 aromatic carbocycles. The molecule has 0 spiro atoms. The number of ether oxygens (including phenoxy) is 2. The Morgan fingerprint density at radius 3 is 2.38 bits per heavy atom. The molecule has 1 unspecified atom stereocenters. The van der Waals surface area contributed by atoms with Gasteiger partial charge in [-0.05, 0) is 55.6 Å². The van der Waals surface area contributed by atoms with Crippen molar-refractivity contribution in [3.63, 3.8) is 0 Å². The van der Waals surface area contributed by atoms with Gasteiger partial charge in [0, 0.05) is 13.1 Å². The predicted molar refractivity (Wildman–Crippen MR) is 138 cm³/mol. The van der Waals surface area contributed by atoms with E-state index in [4.69, 9.17) is 9.47 Å². The van der Waals surface area contributed by atoms with E-state index in [9.17, 15) is 19.1 Å². The smallest absolute Gasteiger partial charge is 0.295 e. The number of likely N-dealkylation sites (tertiary alicyclic amines) is 1. The summed E-state index contributed by atoms with van der Waals surface area (Å²) in [5.41, 5.74) is 1.51. The SMILES string of the molecule is COc1ccc(F)cc1/C(O)=C1\C(=O)C(=O)N(CCN(C)C)C1c1ccc(OCc2ccccc2)cc1. The Hall–Kier alpha value is -4.17. The third-order valence-corrected chi connectivity index (χ3v) is 6.19. The standard InChI is InChI=1S/C29H29FN2O5/c1-31(2)15-16-32-26(20-9-12-22(13-10-20)37-18-19-7-5-4-6-8-19)25(28(34)29(32)35)27(33)23-17-21(30)11-14-24(23)36-3/h4-14,17,26,33H,15-16,18H2,1-3H3/b27-25+. The number of hydrogen-bond donors (Lipinski definition) is 1. The summed E-state index contributed by atoms with van der Waals surface area (Å²) in [5.74, 6) is -1.87. The van der Waals surface area contributed by atoms with E-state index in [0.29, 0.717) is 24.5 Å². The average molecular weight is 505 g/mol. The van der Waals surface area contributed by atoms with Crippen molar-refractivity contribution in [3.05, 3.63) is 101 Å². The highest BCUT2D eigenvalue weighted by Crippen LogP contribution is 2.41. The maximum absolute atomic E-state index is 14.1. The van der Waals surface area contributed by atoms with Crippen LogP contribution in [0.4, 0.5) is 4.39 Å². The molecule has 1 aliphatic rings. The Morgan fingerprint density at radius 1 is 1.03 bits per heavy atom. The number of carbonyl (C=O) groups excluding carboxylic acids is 2. The molecule has 1 N–H and O–H groups in total. The highest BCUT2D eigenvalue weighted by molar-refractivity contribution is 6.46. The summed E-state index contributed by atoms with van der Waals surface area (Å²) in [7, 11) is 5.11. The second-order valence-corrected chi connectivity index (χ2v) is 8.98. The van der Waals surface area contributed by atoms with E-state index in [1.165, 1.54) is 24.1 Å². The maximum Gasteiger partial charge on any atom is 0.295 e. The number of methoxy groups -OCH3 is 1.